The molecule has 1 rings (SSSR count). The average molecular weight is 144 g/mol. The number of carboxylic acid groups (broad SMARTS) is 1. The molecule has 0 aromatic heterocycles. The van der Waals surface area contributed by atoms with Gasteiger partial charge in [-0.2, -0.15) is 0 Å². The molecule has 0 unspecified atom stereocenters. The predicted molar refractivity (Wildman–Crippen MR) is 38.8 cm³/mol. The summed E-state index contributed by atoms with van der Waals surface area (Å²) < 4.78 is 1.21. The Hall–Kier alpha value is -0.310. The molecule has 3 heteroatoms. The van der Waals surface area contributed by atoms with E-state index in [4.69, 9.17) is 5.11 Å². The van der Waals surface area contributed by atoms with E-state index in [2.05, 4.69) is 0 Å². The molecule has 0 aliphatic rings. The summed E-state index contributed by atoms with van der Waals surface area (Å²) in [5, 5.41) is 8.49. The molecule has 0 amide bonds. The van der Waals surface area contributed by atoms with Crippen molar-refractivity contribution in [3.63, 3.8) is 0 Å². The summed E-state index contributed by atoms with van der Waals surface area (Å²) in [5.74, 6) is -0.860. The molecule has 0 fully saturated rings. The maximum absolute atomic E-state index is 10.3. The number of aromatic carboxylic acids is 1. The van der Waals surface area contributed by atoms with Crippen LogP contribution in [-0.2, 0) is 0 Å². The van der Waals surface area contributed by atoms with E-state index in [0.717, 1.165) is 27.9 Å². The number of carboxylic acids is 1. The molecule has 0 heterocycles. The first-order valence-corrected chi connectivity index (χ1v) is 4.00. The monoisotopic (exact) mass is 144 g/mol. The summed E-state index contributed by atoms with van der Waals surface area (Å²) in [6.07, 6.45) is 0. The van der Waals surface area contributed by atoms with E-state index < -0.39 is 5.97 Å². The summed E-state index contributed by atoms with van der Waals surface area (Å²) in [6.45, 7) is 0. The van der Waals surface area contributed by atoms with E-state index in [1.807, 2.05) is 12.1 Å². The zero-order chi connectivity index (χ0) is 7.56. The summed E-state index contributed by atoms with van der Waals surface area (Å²) in [5.41, 5.74) is 0.361. The van der Waals surface area contributed by atoms with Crippen LogP contribution in [-0.4, -0.2) is 39.0 Å². The molecule has 0 radical (unpaired) electrons. The molecule has 0 bridgehead atoms. The Bertz CT molecular complexity index is 240. The summed E-state index contributed by atoms with van der Waals surface area (Å²) in [4.78, 5) is 10.3. The van der Waals surface area contributed by atoms with Crippen LogP contribution in [0, 0.1) is 0 Å². The van der Waals surface area contributed by atoms with Gasteiger partial charge in [-0.15, -0.1) is 0 Å². The van der Waals surface area contributed by atoms with Crippen molar-refractivity contribution in [2.75, 3.05) is 0 Å². The molecular weight excluding hydrogens is 139 g/mol. The van der Waals surface area contributed by atoms with Gasteiger partial charge in [0.15, 0.2) is 0 Å². The Balaban J connectivity index is 3.00. The van der Waals surface area contributed by atoms with Gasteiger partial charge in [0, 0.05) is 0 Å². The van der Waals surface area contributed by atoms with Crippen LogP contribution in [0.3, 0.4) is 0 Å². The zero-order valence-electron chi connectivity index (χ0n) is 5.66. The number of carbonyl (C=O) groups is 1. The predicted octanol–water partition coefficient (Wildman–Crippen LogP) is 0.179. The Morgan fingerprint density at radius 1 is 1.30 bits per heavy atom. The number of hydrogen-bond acceptors (Lipinski definition) is 1. The molecule has 0 spiro atoms. The van der Waals surface area contributed by atoms with Gasteiger partial charge >= 0.3 is 76.4 Å². The quantitative estimate of drug-likeness (QED) is 0.571. The number of rotatable bonds is 1. The summed E-state index contributed by atoms with van der Waals surface area (Å²) in [6, 6.07) is 6.95. The molecule has 2 nitrogen and oxygen atoms in total. The van der Waals surface area contributed by atoms with Crippen molar-refractivity contribution in [2.45, 2.75) is 0 Å². The molecule has 10 heavy (non-hydrogen) atoms. The molecule has 0 saturated heterocycles. The van der Waals surface area contributed by atoms with E-state index in [9.17, 15) is 4.79 Å². The van der Waals surface area contributed by atoms with Gasteiger partial charge in [-0.05, 0) is 0 Å². The zero-order valence-corrected chi connectivity index (χ0v) is 7.66. The van der Waals surface area contributed by atoms with Crippen LogP contribution in [0.5, 0.6) is 0 Å². The molecule has 0 aliphatic heterocycles. The fourth-order valence-electron chi connectivity index (χ4n) is 0.696. The van der Waals surface area contributed by atoms with Crippen molar-refractivity contribution >= 4 is 36.7 Å². The maximum atomic E-state index is 10.3. The fraction of sp³-hybridized carbons (Fsp3) is 0. The SMILES string of the molecule is O=C(O)c1cc[c]([Na])cc1. The van der Waals surface area contributed by atoms with Crippen LogP contribution < -0.4 is 2.81 Å². The van der Waals surface area contributed by atoms with E-state index >= 15 is 0 Å². The molecule has 0 atom stereocenters. The van der Waals surface area contributed by atoms with E-state index in [0.29, 0.717) is 5.56 Å². The van der Waals surface area contributed by atoms with Crippen LogP contribution in [0.15, 0.2) is 24.3 Å². The van der Waals surface area contributed by atoms with Crippen molar-refractivity contribution in [1.29, 1.82) is 0 Å². The molecule has 0 aliphatic carbocycles. The minimum atomic E-state index is -0.860. The van der Waals surface area contributed by atoms with Gasteiger partial charge < -0.3 is 0 Å². The normalized spacial score (nSPS) is 9.40. The van der Waals surface area contributed by atoms with Crippen molar-refractivity contribution in [3.8, 4) is 0 Å². The van der Waals surface area contributed by atoms with Crippen LogP contribution in [0.4, 0.5) is 0 Å². The van der Waals surface area contributed by atoms with Crippen molar-refractivity contribution in [3.05, 3.63) is 29.8 Å². The van der Waals surface area contributed by atoms with Gasteiger partial charge in [0.1, 0.15) is 0 Å². The number of hydrogen-bond donors (Lipinski definition) is 1. The molecule has 0 saturated carbocycles. The number of benzene rings is 1. The average Bonchev–Trinajstić information content (AvgIpc) is 1.88. The standard InChI is InChI=1S/C7H5O2.Na/c8-7(9)6-4-2-1-3-5-6;/h2-5H,(H,8,9);. The molecule has 1 aromatic carbocycles. The van der Waals surface area contributed by atoms with Gasteiger partial charge in [0.25, 0.3) is 0 Å². The van der Waals surface area contributed by atoms with Crippen molar-refractivity contribution < 1.29 is 9.90 Å². The second-order valence-corrected chi connectivity index (χ2v) is 3.33. The van der Waals surface area contributed by atoms with Crippen LogP contribution >= 0.6 is 0 Å². The summed E-state index contributed by atoms with van der Waals surface area (Å²) >= 11 is 0.975. The minimum absolute atomic E-state index is 0.361. The second kappa shape index (κ2) is 3.19. The van der Waals surface area contributed by atoms with Gasteiger partial charge in [-0.25, -0.2) is 0 Å². The second-order valence-electron chi connectivity index (χ2n) is 2.17. The summed E-state index contributed by atoms with van der Waals surface area (Å²) in [7, 11) is 0. The third-order valence-electron chi connectivity index (χ3n) is 1.30. The first-order valence-electron chi connectivity index (χ1n) is 3.00. The van der Waals surface area contributed by atoms with Gasteiger partial charge in [0.05, 0.1) is 0 Å². The fourth-order valence-corrected chi connectivity index (χ4v) is 1.03. The molecule has 46 valence electrons. The molecular formula is C7H5NaO2. The van der Waals surface area contributed by atoms with Crippen LogP contribution in [0.1, 0.15) is 10.4 Å². The van der Waals surface area contributed by atoms with Gasteiger partial charge in [-0.1, -0.05) is 0 Å². The Kier molecular flexibility index (Phi) is 2.49. The van der Waals surface area contributed by atoms with Crippen molar-refractivity contribution in [1.82, 2.24) is 0 Å². The van der Waals surface area contributed by atoms with Crippen molar-refractivity contribution in [2.24, 2.45) is 0 Å². The third kappa shape index (κ3) is 1.84. The third-order valence-corrected chi connectivity index (χ3v) is 1.97. The van der Waals surface area contributed by atoms with Gasteiger partial charge in [-0.3, -0.25) is 0 Å². The topological polar surface area (TPSA) is 37.3 Å². The Labute approximate surface area is 76.3 Å². The van der Waals surface area contributed by atoms with E-state index in [-0.39, 0.29) is 0 Å². The van der Waals surface area contributed by atoms with Gasteiger partial charge in [0.2, 0.25) is 0 Å². The Morgan fingerprint density at radius 3 is 2.20 bits per heavy atom. The first kappa shape index (κ1) is 7.79. The van der Waals surface area contributed by atoms with E-state index in [1.54, 1.807) is 12.1 Å². The van der Waals surface area contributed by atoms with Crippen LogP contribution in [0.2, 0.25) is 0 Å². The van der Waals surface area contributed by atoms with Crippen LogP contribution in [0.25, 0.3) is 0 Å². The molecule has 1 N–H and O–H groups in total. The first-order chi connectivity index (χ1) is 4.70. The molecule has 1 aromatic rings. The van der Waals surface area contributed by atoms with E-state index in [1.165, 1.54) is 2.81 Å². The Morgan fingerprint density at radius 2 is 1.80 bits per heavy atom.